The van der Waals surface area contributed by atoms with Crippen LogP contribution in [0.2, 0.25) is 5.02 Å². The number of piperidine rings is 1. The van der Waals surface area contributed by atoms with Crippen molar-refractivity contribution in [3.63, 3.8) is 0 Å². The Morgan fingerprint density at radius 1 is 1.40 bits per heavy atom. The zero-order valence-corrected chi connectivity index (χ0v) is 14.1. The highest BCUT2D eigenvalue weighted by molar-refractivity contribution is 9.10. The fraction of sp³-hybridized carbons (Fsp3) is 0.533. The molecule has 2 atom stereocenters. The molecule has 0 saturated carbocycles. The molecule has 5 heteroatoms. The van der Waals surface area contributed by atoms with Crippen LogP contribution < -0.4 is 4.74 Å². The van der Waals surface area contributed by atoms with Gasteiger partial charge in [0.25, 0.3) is 5.91 Å². The molecule has 1 aliphatic rings. The van der Waals surface area contributed by atoms with Crippen LogP contribution in [0.25, 0.3) is 0 Å². The molecular weight excluding hydrogens is 342 g/mol. The number of likely N-dealkylation sites (tertiary alicyclic amines) is 1. The molecule has 3 nitrogen and oxygen atoms in total. The van der Waals surface area contributed by atoms with Crippen molar-refractivity contribution in [2.75, 3.05) is 6.61 Å². The summed E-state index contributed by atoms with van der Waals surface area (Å²) in [5, 5.41) is 0.633. The van der Waals surface area contributed by atoms with Crippen LogP contribution in [0.5, 0.6) is 5.75 Å². The van der Waals surface area contributed by atoms with Gasteiger partial charge in [0.1, 0.15) is 5.75 Å². The van der Waals surface area contributed by atoms with Crippen molar-refractivity contribution in [1.29, 1.82) is 0 Å². The third-order valence-electron chi connectivity index (χ3n) is 3.73. The third-order valence-corrected chi connectivity index (χ3v) is 4.58. The summed E-state index contributed by atoms with van der Waals surface area (Å²) >= 11 is 9.26. The number of nitrogens with zero attached hydrogens (tertiary/aromatic N) is 1. The predicted molar refractivity (Wildman–Crippen MR) is 84.3 cm³/mol. The molecule has 1 aliphatic heterocycles. The minimum atomic E-state index is 0.0477. The van der Waals surface area contributed by atoms with Crippen molar-refractivity contribution in [3.05, 3.63) is 27.7 Å². The highest BCUT2D eigenvalue weighted by atomic mass is 79.9. The lowest BCUT2D eigenvalue weighted by molar-refractivity contribution is -0.139. The first kappa shape index (κ1) is 15.6. The number of rotatable bonds is 3. The van der Waals surface area contributed by atoms with E-state index in [1.807, 2.05) is 4.90 Å². The van der Waals surface area contributed by atoms with Crippen molar-refractivity contribution >= 4 is 33.4 Å². The summed E-state index contributed by atoms with van der Waals surface area (Å²) in [6, 6.07) is 5.86. The molecule has 1 saturated heterocycles. The lowest BCUT2D eigenvalue weighted by atomic mass is 9.97. The van der Waals surface area contributed by atoms with Gasteiger partial charge in [-0.25, -0.2) is 0 Å². The number of ether oxygens (including phenoxy) is 1. The van der Waals surface area contributed by atoms with E-state index >= 15 is 0 Å². The van der Waals surface area contributed by atoms with E-state index in [-0.39, 0.29) is 12.5 Å². The average molecular weight is 361 g/mol. The molecule has 0 spiro atoms. The fourth-order valence-electron chi connectivity index (χ4n) is 2.72. The zero-order chi connectivity index (χ0) is 14.7. The average Bonchev–Trinajstić information content (AvgIpc) is 2.37. The maximum atomic E-state index is 12.3. The van der Waals surface area contributed by atoms with Crippen molar-refractivity contribution < 1.29 is 9.53 Å². The first-order valence-electron chi connectivity index (χ1n) is 6.88. The number of hydrogen-bond donors (Lipinski definition) is 0. The molecule has 1 fully saturated rings. The molecule has 20 heavy (non-hydrogen) atoms. The molecule has 0 aliphatic carbocycles. The normalized spacial score (nSPS) is 22.7. The van der Waals surface area contributed by atoms with E-state index in [9.17, 15) is 4.79 Å². The van der Waals surface area contributed by atoms with Gasteiger partial charge in [-0.1, -0.05) is 11.6 Å². The van der Waals surface area contributed by atoms with E-state index in [1.165, 1.54) is 6.42 Å². The highest BCUT2D eigenvalue weighted by Crippen LogP contribution is 2.28. The van der Waals surface area contributed by atoms with Crippen molar-refractivity contribution in [2.45, 2.75) is 45.2 Å². The number of amides is 1. The van der Waals surface area contributed by atoms with Crippen LogP contribution >= 0.6 is 27.5 Å². The lowest BCUT2D eigenvalue weighted by Crippen LogP contribution is -2.49. The van der Waals surface area contributed by atoms with Crippen LogP contribution in [0.15, 0.2) is 22.7 Å². The van der Waals surface area contributed by atoms with Gasteiger partial charge in [-0.2, -0.15) is 0 Å². The Bertz CT molecular complexity index is 485. The Labute approximate surface area is 133 Å². The summed E-state index contributed by atoms with van der Waals surface area (Å²) in [6.45, 7) is 4.27. The molecular formula is C15H19BrClNO2. The van der Waals surface area contributed by atoms with E-state index in [1.54, 1.807) is 18.2 Å². The van der Waals surface area contributed by atoms with Crippen LogP contribution in [0.1, 0.15) is 33.1 Å². The quantitative estimate of drug-likeness (QED) is 0.805. The van der Waals surface area contributed by atoms with Gasteiger partial charge >= 0.3 is 0 Å². The summed E-state index contributed by atoms with van der Waals surface area (Å²) in [5.41, 5.74) is 0. The maximum absolute atomic E-state index is 12.3. The Morgan fingerprint density at radius 2 is 2.05 bits per heavy atom. The summed E-state index contributed by atoms with van der Waals surface area (Å²) in [6.07, 6.45) is 3.33. The second kappa shape index (κ2) is 6.81. The molecule has 0 radical (unpaired) electrons. The van der Waals surface area contributed by atoms with Gasteiger partial charge < -0.3 is 9.64 Å². The minimum absolute atomic E-state index is 0.0477. The highest BCUT2D eigenvalue weighted by Gasteiger charge is 2.29. The standard InChI is InChI=1S/C15H19BrClNO2/c1-10-4-3-5-11(2)18(10)15(19)9-20-14-7-6-12(17)8-13(14)16/h6-8,10-11H,3-5,9H2,1-2H3/t10-,11-/m1/s1. The van der Waals surface area contributed by atoms with Gasteiger partial charge in [0.2, 0.25) is 0 Å². The van der Waals surface area contributed by atoms with Gasteiger partial charge in [0.05, 0.1) is 4.47 Å². The van der Waals surface area contributed by atoms with Gasteiger partial charge in [-0.3, -0.25) is 4.79 Å². The molecule has 110 valence electrons. The van der Waals surface area contributed by atoms with E-state index in [2.05, 4.69) is 29.8 Å². The van der Waals surface area contributed by atoms with Crippen molar-refractivity contribution in [2.24, 2.45) is 0 Å². The van der Waals surface area contributed by atoms with E-state index in [0.29, 0.717) is 22.9 Å². The fourth-order valence-corrected chi connectivity index (χ4v) is 3.52. The van der Waals surface area contributed by atoms with Crippen LogP contribution in [0.3, 0.4) is 0 Å². The van der Waals surface area contributed by atoms with Crippen LogP contribution in [0.4, 0.5) is 0 Å². The molecule has 1 aromatic carbocycles. The van der Waals surface area contributed by atoms with Crippen LogP contribution in [-0.2, 0) is 4.79 Å². The molecule has 2 rings (SSSR count). The summed E-state index contributed by atoms with van der Waals surface area (Å²) < 4.78 is 6.37. The number of halogens is 2. The molecule has 0 unspecified atom stereocenters. The number of carbonyl (C=O) groups excluding carboxylic acids is 1. The van der Waals surface area contributed by atoms with Gasteiger partial charge in [-0.05, 0) is 67.2 Å². The Kier molecular flexibility index (Phi) is 5.33. The second-order valence-electron chi connectivity index (χ2n) is 5.29. The van der Waals surface area contributed by atoms with E-state index < -0.39 is 0 Å². The van der Waals surface area contributed by atoms with Gasteiger partial charge in [0.15, 0.2) is 6.61 Å². The van der Waals surface area contributed by atoms with Gasteiger partial charge in [-0.15, -0.1) is 0 Å². The number of hydrogen-bond acceptors (Lipinski definition) is 2. The Hall–Kier alpha value is -0.740. The maximum Gasteiger partial charge on any atom is 0.260 e. The molecule has 0 bridgehead atoms. The molecule has 0 N–H and O–H groups in total. The Morgan fingerprint density at radius 3 is 2.65 bits per heavy atom. The zero-order valence-electron chi connectivity index (χ0n) is 11.7. The topological polar surface area (TPSA) is 29.5 Å². The number of benzene rings is 1. The molecule has 1 heterocycles. The molecule has 1 aromatic rings. The third kappa shape index (κ3) is 3.67. The Balaban J connectivity index is 1.97. The first-order valence-corrected chi connectivity index (χ1v) is 8.05. The van der Waals surface area contributed by atoms with E-state index in [4.69, 9.17) is 16.3 Å². The monoisotopic (exact) mass is 359 g/mol. The van der Waals surface area contributed by atoms with Crippen LogP contribution in [0, 0.1) is 0 Å². The van der Waals surface area contributed by atoms with Gasteiger partial charge in [0, 0.05) is 17.1 Å². The second-order valence-corrected chi connectivity index (χ2v) is 6.58. The van der Waals surface area contributed by atoms with Crippen molar-refractivity contribution in [1.82, 2.24) is 4.90 Å². The molecule has 0 aromatic heterocycles. The largest absolute Gasteiger partial charge is 0.483 e. The summed E-state index contributed by atoms with van der Waals surface area (Å²) in [5.74, 6) is 0.687. The smallest absolute Gasteiger partial charge is 0.260 e. The van der Waals surface area contributed by atoms with Crippen LogP contribution in [-0.4, -0.2) is 29.5 Å². The SMILES string of the molecule is C[C@@H]1CCC[C@@H](C)N1C(=O)COc1ccc(Cl)cc1Br. The van der Waals surface area contributed by atoms with Crippen molar-refractivity contribution in [3.8, 4) is 5.75 Å². The number of carbonyl (C=O) groups is 1. The summed E-state index contributed by atoms with van der Waals surface area (Å²) in [7, 11) is 0. The lowest BCUT2D eigenvalue weighted by Gasteiger charge is -2.39. The molecule has 1 amide bonds. The minimum Gasteiger partial charge on any atom is -0.483 e. The summed E-state index contributed by atoms with van der Waals surface area (Å²) in [4.78, 5) is 14.3. The predicted octanol–water partition coefficient (Wildman–Crippen LogP) is 4.27. The first-order chi connectivity index (χ1) is 9.49. The van der Waals surface area contributed by atoms with E-state index in [0.717, 1.165) is 17.3 Å².